The summed E-state index contributed by atoms with van der Waals surface area (Å²) in [6.07, 6.45) is 2.87. The lowest BCUT2D eigenvalue weighted by atomic mass is 9.91. The van der Waals surface area contributed by atoms with Gasteiger partial charge in [-0.2, -0.15) is 19.6 Å². The van der Waals surface area contributed by atoms with Gasteiger partial charge in [-0.05, 0) is 19.8 Å². The van der Waals surface area contributed by atoms with Crippen LogP contribution in [0.3, 0.4) is 0 Å². The number of rotatable bonds is 3. The van der Waals surface area contributed by atoms with E-state index < -0.39 is 5.54 Å². The molecule has 0 unspecified atom stereocenters. The van der Waals surface area contributed by atoms with Gasteiger partial charge in [-0.25, -0.2) is 0 Å². The Bertz CT molecular complexity index is 624. The highest BCUT2D eigenvalue weighted by atomic mass is 35.5. The molecule has 1 aliphatic heterocycles. The SMILES string of the molecule is Cc1c(Cl)nc2ncnn2c1NC1(CO)CCOCC1. The van der Waals surface area contributed by atoms with Gasteiger partial charge in [-0.1, -0.05) is 11.6 Å². The zero-order chi connectivity index (χ0) is 14.2. The molecule has 3 heterocycles. The molecule has 8 heteroatoms. The minimum Gasteiger partial charge on any atom is -0.394 e. The van der Waals surface area contributed by atoms with E-state index in [-0.39, 0.29) is 6.61 Å². The van der Waals surface area contributed by atoms with Crippen LogP contribution in [0.1, 0.15) is 18.4 Å². The van der Waals surface area contributed by atoms with Crippen molar-refractivity contribution >= 4 is 23.2 Å². The summed E-state index contributed by atoms with van der Waals surface area (Å²) in [6.45, 7) is 3.12. The topological polar surface area (TPSA) is 84.6 Å². The Morgan fingerprint density at radius 3 is 2.95 bits per heavy atom. The van der Waals surface area contributed by atoms with Crippen LogP contribution >= 0.6 is 11.6 Å². The summed E-state index contributed by atoms with van der Waals surface area (Å²) >= 11 is 6.14. The van der Waals surface area contributed by atoms with E-state index in [1.807, 2.05) is 6.92 Å². The number of aromatic nitrogens is 4. The highest BCUT2D eigenvalue weighted by Gasteiger charge is 2.33. The molecule has 20 heavy (non-hydrogen) atoms. The number of nitrogens with one attached hydrogen (secondary N) is 1. The van der Waals surface area contributed by atoms with Gasteiger partial charge in [0.2, 0.25) is 0 Å². The molecule has 7 nitrogen and oxygen atoms in total. The fourth-order valence-electron chi connectivity index (χ4n) is 2.38. The highest BCUT2D eigenvalue weighted by Crippen LogP contribution is 2.29. The van der Waals surface area contributed by atoms with Crippen molar-refractivity contribution < 1.29 is 9.84 Å². The summed E-state index contributed by atoms with van der Waals surface area (Å²) in [5.74, 6) is 1.15. The first-order valence-corrected chi connectivity index (χ1v) is 6.86. The van der Waals surface area contributed by atoms with Crippen LogP contribution in [0.4, 0.5) is 5.82 Å². The summed E-state index contributed by atoms with van der Waals surface area (Å²) in [4.78, 5) is 8.22. The number of halogens is 1. The number of aliphatic hydroxyl groups excluding tert-OH is 1. The van der Waals surface area contributed by atoms with Crippen LogP contribution < -0.4 is 5.32 Å². The number of nitrogens with zero attached hydrogens (tertiary/aromatic N) is 4. The Morgan fingerprint density at radius 2 is 2.25 bits per heavy atom. The van der Waals surface area contributed by atoms with E-state index >= 15 is 0 Å². The Labute approximate surface area is 120 Å². The molecule has 2 aromatic rings. The second-order valence-electron chi connectivity index (χ2n) is 5.02. The summed E-state index contributed by atoms with van der Waals surface area (Å²) in [5.41, 5.74) is 0.357. The van der Waals surface area contributed by atoms with Crippen LogP contribution in [0.25, 0.3) is 5.78 Å². The lowest BCUT2D eigenvalue weighted by Crippen LogP contribution is -2.47. The quantitative estimate of drug-likeness (QED) is 0.824. The van der Waals surface area contributed by atoms with Crippen molar-refractivity contribution in [1.29, 1.82) is 0 Å². The Kier molecular flexibility index (Phi) is 3.49. The summed E-state index contributed by atoms with van der Waals surface area (Å²) < 4.78 is 6.97. The van der Waals surface area contributed by atoms with Crippen molar-refractivity contribution in [3.8, 4) is 0 Å². The first kappa shape index (κ1) is 13.5. The third kappa shape index (κ3) is 2.21. The fourth-order valence-corrected chi connectivity index (χ4v) is 2.55. The van der Waals surface area contributed by atoms with Crippen molar-refractivity contribution in [2.24, 2.45) is 0 Å². The van der Waals surface area contributed by atoms with Crippen LogP contribution in [-0.2, 0) is 4.74 Å². The maximum Gasteiger partial charge on any atom is 0.255 e. The Balaban J connectivity index is 2.04. The number of hydrogen-bond acceptors (Lipinski definition) is 6. The average molecular weight is 298 g/mol. The van der Waals surface area contributed by atoms with Gasteiger partial charge < -0.3 is 15.2 Å². The number of anilines is 1. The molecule has 0 aliphatic carbocycles. The van der Waals surface area contributed by atoms with Crippen molar-refractivity contribution in [3.05, 3.63) is 17.0 Å². The zero-order valence-electron chi connectivity index (χ0n) is 11.1. The lowest BCUT2D eigenvalue weighted by Gasteiger charge is -2.37. The predicted molar refractivity (Wildman–Crippen MR) is 74.0 cm³/mol. The van der Waals surface area contributed by atoms with Gasteiger partial charge in [0.05, 0.1) is 12.1 Å². The molecule has 1 fully saturated rings. The molecule has 0 aromatic carbocycles. The van der Waals surface area contributed by atoms with Gasteiger partial charge in [0.25, 0.3) is 5.78 Å². The van der Waals surface area contributed by atoms with Crippen molar-refractivity contribution in [1.82, 2.24) is 19.6 Å². The molecule has 108 valence electrons. The summed E-state index contributed by atoms with van der Waals surface area (Å²) in [5, 5.41) is 17.7. The molecule has 1 saturated heterocycles. The highest BCUT2D eigenvalue weighted by molar-refractivity contribution is 6.30. The minimum atomic E-state index is -0.424. The van der Waals surface area contributed by atoms with Crippen molar-refractivity contribution in [2.45, 2.75) is 25.3 Å². The Morgan fingerprint density at radius 1 is 1.50 bits per heavy atom. The minimum absolute atomic E-state index is 0.0198. The van der Waals surface area contributed by atoms with Gasteiger partial charge in [-0.3, -0.25) is 0 Å². The monoisotopic (exact) mass is 297 g/mol. The molecular weight excluding hydrogens is 282 g/mol. The molecular formula is C12H16ClN5O2. The van der Waals surface area contributed by atoms with Crippen LogP contribution in [0.15, 0.2) is 6.33 Å². The molecule has 0 saturated carbocycles. The van der Waals surface area contributed by atoms with Gasteiger partial charge in [0.1, 0.15) is 17.3 Å². The summed E-state index contributed by atoms with van der Waals surface area (Å²) in [6, 6.07) is 0. The first-order valence-electron chi connectivity index (χ1n) is 6.48. The van der Waals surface area contributed by atoms with E-state index in [2.05, 4.69) is 20.4 Å². The molecule has 0 atom stereocenters. The van der Waals surface area contributed by atoms with Gasteiger partial charge >= 0.3 is 0 Å². The van der Waals surface area contributed by atoms with Crippen LogP contribution in [-0.4, -0.2) is 50.0 Å². The number of ether oxygens (including phenoxy) is 1. The number of fused-ring (bicyclic) bond motifs is 1. The molecule has 3 rings (SSSR count). The van der Waals surface area contributed by atoms with Crippen LogP contribution in [0.2, 0.25) is 5.15 Å². The third-order valence-corrected chi connectivity index (χ3v) is 4.11. The Hall–Kier alpha value is -1.44. The van der Waals surface area contributed by atoms with Crippen molar-refractivity contribution in [3.63, 3.8) is 0 Å². The second-order valence-corrected chi connectivity index (χ2v) is 5.38. The van der Waals surface area contributed by atoms with E-state index in [0.29, 0.717) is 30.0 Å². The average Bonchev–Trinajstić information content (AvgIpc) is 2.93. The second kappa shape index (κ2) is 5.16. The molecule has 2 N–H and O–H groups in total. The van der Waals surface area contributed by atoms with E-state index in [1.54, 1.807) is 4.52 Å². The lowest BCUT2D eigenvalue weighted by molar-refractivity contribution is 0.0377. The van der Waals surface area contributed by atoms with Crippen LogP contribution in [0.5, 0.6) is 0 Å². The standard InChI is InChI=1S/C12H16ClN5O2/c1-8-9(13)16-11-14-7-15-18(11)10(8)17-12(6-19)2-4-20-5-3-12/h7,17,19H,2-6H2,1H3. The van der Waals surface area contributed by atoms with E-state index in [1.165, 1.54) is 6.33 Å². The van der Waals surface area contributed by atoms with Crippen molar-refractivity contribution in [2.75, 3.05) is 25.1 Å². The summed E-state index contributed by atoms with van der Waals surface area (Å²) in [7, 11) is 0. The predicted octanol–water partition coefficient (Wildman–Crippen LogP) is 1.04. The first-order chi connectivity index (χ1) is 9.65. The maximum absolute atomic E-state index is 9.77. The van der Waals surface area contributed by atoms with E-state index in [4.69, 9.17) is 16.3 Å². The molecule has 0 radical (unpaired) electrons. The van der Waals surface area contributed by atoms with E-state index in [0.717, 1.165) is 18.4 Å². The number of hydrogen-bond donors (Lipinski definition) is 2. The number of aliphatic hydroxyl groups is 1. The molecule has 0 amide bonds. The molecule has 1 aliphatic rings. The molecule has 0 spiro atoms. The van der Waals surface area contributed by atoms with Gasteiger partial charge in [0, 0.05) is 18.8 Å². The van der Waals surface area contributed by atoms with E-state index in [9.17, 15) is 5.11 Å². The largest absolute Gasteiger partial charge is 0.394 e. The van der Waals surface area contributed by atoms with Crippen LogP contribution in [0, 0.1) is 6.92 Å². The molecule has 0 bridgehead atoms. The maximum atomic E-state index is 9.77. The van der Waals surface area contributed by atoms with Gasteiger partial charge in [0.15, 0.2) is 0 Å². The normalized spacial score (nSPS) is 18.4. The van der Waals surface area contributed by atoms with Gasteiger partial charge in [-0.15, -0.1) is 0 Å². The smallest absolute Gasteiger partial charge is 0.255 e. The zero-order valence-corrected chi connectivity index (χ0v) is 11.9. The third-order valence-electron chi connectivity index (χ3n) is 3.74. The fraction of sp³-hybridized carbons (Fsp3) is 0.583. The molecule has 2 aromatic heterocycles.